The van der Waals surface area contributed by atoms with Crippen LogP contribution in [0.2, 0.25) is 0 Å². The van der Waals surface area contributed by atoms with Crippen molar-refractivity contribution in [3.8, 4) is 11.3 Å². The summed E-state index contributed by atoms with van der Waals surface area (Å²) < 4.78 is 62.2. The lowest BCUT2D eigenvalue weighted by Crippen LogP contribution is -2.49. The number of hydrogen-bond donors (Lipinski definition) is 2. The lowest BCUT2D eigenvalue weighted by Gasteiger charge is -2.34. The van der Waals surface area contributed by atoms with E-state index >= 15 is 0 Å². The molecule has 12 heteroatoms. The SMILES string of the molecule is C[C@H]1CN(c2cc(C(C)(F)F)cc(-c3ccnc4c3[C@@H](C(F)(F)P)OC(=O)N4)n2)CCN1. The lowest BCUT2D eigenvalue weighted by molar-refractivity contribution is -0.0441. The zero-order valence-corrected chi connectivity index (χ0v) is 18.5. The third-order valence-corrected chi connectivity index (χ3v) is 5.64. The number of piperazine rings is 1. The van der Waals surface area contributed by atoms with Crippen molar-refractivity contribution in [2.75, 3.05) is 29.9 Å². The summed E-state index contributed by atoms with van der Waals surface area (Å²) in [4.78, 5) is 22.1. The van der Waals surface area contributed by atoms with E-state index < -0.39 is 23.8 Å². The van der Waals surface area contributed by atoms with Gasteiger partial charge < -0.3 is 15.0 Å². The van der Waals surface area contributed by atoms with Crippen molar-refractivity contribution < 1.29 is 27.1 Å². The quantitative estimate of drug-likeness (QED) is 0.516. The van der Waals surface area contributed by atoms with Crippen LogP contribution in [0, 0.1) is 0 Å². The largest absolute Gasteiger partial charge is 0.434 e. The van der Waals surface area contributed by atoms with Crippen molar-refractivity contribution in [2.45, 2.75) is 37.6 Å². The highest BCUT2D eigenvalue weighted by atomic mass is 31.0. The number of anilines is 2. The molecule has 4 heterocycles. The molecule has 1 unspecified atom stereocenters. The van der Waals surface area contributed by atoms with E-state index in [1.807, 2.05) is 11.8 Å². The Bertz CT molecular complexity index is 1040. The van der Waals surface area contributed by atoms with Crippen LogP contribution in [0.25, 0.3) is 11.3 Å². The number of halogens is 4. The average molecular weight is 471 g/mol. The summed E-state index contributed by atoms with van der Waals surface area (Å²) in [5, 5.41) is 5.56. The topological polar surface area (TPSA) is 79.4 Å². The van der Waals surface area contributed by atoms with Gasteiger partial charge in [-0.1, -0.05) is 9.24 Å². The normalized spacial score (nSPS) is 21.6. The minimum atomic E-state index is -3.52. The number of hydrogen-bond acceptors (Lipinski definition) is 6. The van der Waals surface area contributed by atoms with Gasteiger partial charge in [0, 0.05) is 49.9 Å². The first-order valence-electron chi connectivity index (χ1n) is 9.96. The molecule has 0 aromatic carbocycles. The Hall–Kier alpha value is -2.52. The number of nitrogens with zero attached hydrogens (tertiary/aromatic N) is 3. The Morgan fingerprint density at radius 3 is 2.69 bits per heavy atom. The number of cyclic esters (lactones) is 1. The minimum Gasteiger partial charge on any atom is -0.434 e. The van der Waals surface area contributed by atoms with Crippen LogP contribution in [-0.2, 0) is 10.7 Å². The summed E-state index contributed by atoms with van der Waals surface area (Å²) in [5.74, 6) is -3.00. The first-order valence-corrected chi connectivity index (χ1v) is 10.5. The van der Waals surface area contributed by atoms with Crippen molar-refractivity contribution in [3.63, 3.8) is 0 Å². The van der Waals surface area contributed by atoms with E-state index in [1.165, 1.54) is 33.6 Å². The fraction of sp³-hybridized carbons (Fsp3) is 0.450. The van der Waals surface area contributed by atoms with Crippen molar-refractivity contribution in [1.82, 2.24) is 15.3 Å². The van der Waals surface area contributed by atoms with Crippen molar-refractivity contribution in [3.05, 3.63) is 35.5 Å². The average Bonchev–Trinajstić information content (AvgIpc) is 2.71. The highest BCUT2D eigenvalue weighted by Crippen LogP contribution is 2.48. The lowest BCUT2D eigenvalue weighted by atomic mass is 9.97. The van der Waals surface area contributed by atoms with Gasteiger partial charge in [0.1, 0.15) is 11.6 Å². The summed E-state index contributed by atoms with van der Waals surface area (Å²) >= 11 is 0. The second-order valence-corrected chi connectivity index (χ2v) is 8.76. The molecule has 7 nitrogen and oxygen atoms in total. The molecular weight excluding hydrogens is 449 g/mol. The molecule has 1 fully saturated rings. The molecule has 3 atom stereocenters. The fourth-order valence-electron chi connectivity index (χ4n) is 3.83. The zero-order chi connectivity index (χ0) is 23.3. The fourth-order valence-corrected chi connectivity index (χ4v) is 4.07. The maximum Gasteiger partial charge on any atom is 0.413 e. The van der Waals surface area contributed by atoms with E-state index in [1.54, 1.807) is 0 Å². The van der Waals surface area contributed by atoms with Crippen molar-refractivity contribution in [2.24, 2.45) is 0 Å². The number of amides is 1. The molecule has 1 saturated heterocycles. The summed E-state index contributed by atoms with van der Waals surface area (Å²) in [6.07, 6.45) is -1.76. The number of pyridine rings is 2. The summed E-state index contributed by atoms with van der Waals surface area (Å²) in [7, 11) is 1.35. The second kappa shape index (κ2) is 8.12. The van der Waals surface area contributed by atoms with Crippen molar-refractivity contribution in [1.29, 1.82) is 0 Å². The van der Waals surface area contributed by atoms with Gasteiger partial charge in [-0.2, -0.15) is 8.78 Å². The molecule has 4 rings (SSSR count). The van der Waals surface area contributed by atoms with E-state index in [-0.39, 0.29) is 34.2 Å². The van der Waals surface area contributed by atoms with E-state index in [0.717, 1.165) is 6.92 Å². The van der Waals surface area contributed by atoms with Gasteiger partial charge in [0.15, 0.2) is 6.10 Å². The van der Waals surface area contributed by atoms with Crippen LogP contribution < -0.4 is 15.5 Å². The van der Waals surface area contributed by atoms with Crippen LogP contribution in [0.5, 0.6) is 0 Å². The van der Waals surface area contributed by atoms with Crippen LogP contribution in [-0.4, -0.2) is 47.4 Å². The second-order valence-electron chi connectivity index (χ2n) is 7.99. The van der Waals surface area contributed by atoms with Crippen LogP contribution in [0.1, 0.15) is 31.1 Å². The molecule has 2 aromatic rings. The Balaban J connectivity index is 1.90. The molecule has 0 bridgehead atoms. The molecule has 2 aromatic heterocycles. The number of fused-ring (bicyclic) bond motifs is 1. The molecule has 2 aliphatic rings. The number of carbonyl (C=O) groups excluding carboxylic acids is 1. The van der Waals surface area contributed by atoms with Gasteiger partial charge >= 0.3 is 6.09 Å². The van der Waals surface area contributed by atoms with E-state index in [2.05, 4.69) is 20.6 Å². The van der Waals surface area contributed by atoms with Crippen LogP contribution in [0.4, 0.5) is 34.0 Å². The Kier molecular flexibility index (Phi) is 5.75. The first-order chi connectivity index (χ1) is 14.9. The molecule has 32 heavy (non-hydrogen) atoms. The molecular formula is C20H22F4N5O2P. The van der Waals surface area contributed by atoms with E-state index in [4.69, 9.17) is 4.74 Å². The predicted molar refractivity (Wildman–Crippen MR) is 114 cm³/mol. The Morgan fingerprint density at radius 1 is 1.28 bits per heavy atom. The highest BCUT2D eigenvalue weighted by molar-refractivity contribution is 7.18. The number of aromatic nitrogens is 2. The van der Waals surface area contributed by atoms with Gasteiger partial charge in [0.25, 0.3) is 11.6 Å². The van der Waals surface area contributed by atoms with Crippen molar-refractivity contribution >= 4 is 27.0 Å². The highest BCUT2D eigenvalue weighted by Gasteiger charge is 2.45. The van der Waals surface area contributed by atoms with Crippen LogP contribution >= 0.6 is 9.24 Å². The van der Waals surface area contributed by atoms with Crippen LogP contribution in [0.3, 0.4) is 0 Å². The monoisotopic (exact) mass is 471 g/mol. The van der Waals surface area contributed by atoms with Gasteiger partial charge in [-0.05, 0) is 25.1 Å². The summed E-state index contributed by atoms with van der Waals surface area (Å²) in [6, 6.07) is 4.00. The van der Waals surface area contributed by atoms with Gasteiger partial charge in [0.05, 0.1) is 11.3 Å². The summed E-state index contributed by atoms with van der Waals surface area (Å²) in [5.41, 5.74) is -3.77. The van der Waals surface area contributed by atoms with Gasteiger partial charge in [0.2, 0.25) is 0 Å². The number of rotatable bonds is 4. The minimum absolute atomic E-state index is 0.0582. The molecule has 0 saturated carbocycles. The molecule has 1 amide bonds. The van der Waals surface area contributed by atoms with Crippen LogP contribution in [0.15, 0.2) is 24.4 Å². The first kappa shape index (κ1) is 22.7. The van der Waals surface area contributed by atoms with E-state index in [0.29, 0.717) is 25.5 Å². The summed E-state index contributed by atoms with van der Waals surface area (Å²) in [6.45, 7) is 4.48. The molecule has 172 valence electrons. The Morgan fingerprint density at radius 2 is 2.03 bits per heavy atom. The number of carbonyl (C=O) groups is 1. The molecule has 0 aliphatic carbocycles. The Labute approximate surface area is 184 Å². The van der Waals surface area contributed by atoms with Gasteiger partial charge in [-0.25, -0.2) is 23.5 Å². The zero-order valence-electron chi connectivity index (χ0n) is 17.3. The molecule has 0 spiro atoms. The number of alkyl halides is 4. The maximum atomic E-state index is 14.4. The number of ether oxygens (including phenoxy) is 1. The maximum absolute atomic E-state index is 14.4. The van der Waals surface area contributed by atoms with Gasteiger partial charge in [-0.3, -0.25) is 5.32 Å². The molecule has 2 N–H and O–H groups in total. The number of nitrogens with one attached hydrogen (secondary N) is 2. The third kappa shape index (κ3) is 4.49. The standard InChI is InChI=1S/C20H22F4N5O2P/c1-10-9-29(6-5-25-10)14-8-11(19(2,21)22)7-13(27-14)12-3-4-26-17-15(12)16(20(23,24)32)31-18(30)28-17/h3-4,7-8,10,16,25H,5-6,9,32H2,1-2H3,(H,26,28,30)/t10-,16-/m0/s1. The molecule has 2 aliphatic heterocycles. The molecule has 0 radical (unpaired) electrons. The van der Waals surface area contributed by atoms with Gasteiger partial charge in [-0.15, -0.1) is 0 Å². The predicted octanol–water partition coefficient (Wildman–Crippen LogP) is 4.12. The van der Waals surface area contributed by atoms with E-state index in [9.17, 15) is 22.4 Å². The smallest absolute Gasteiger partial charge is 0.413 e. The third-order valence-electron chi connectivity index (χ3n) is 5.33.